The first-order valence-electron chi connectivity index (χ1n) is 7.81. The van der Waals surface area contributed by atoms with E-state index in [1.165, 1.54) is 11.3 Å². The lowest BCUT2D eigenvalue weighted by Gasteiger charge is -2.23. The van der Waals surface area contributed by atoms with Crippen LogP contribution in [0.1, 0.15) is 44.9 Å². The minimum absolute atomic E-state index is 0.857. The highest BCUT2D eigenvalue weighted by Gasteiger charge is 2.08. The van der Waals surface area contributed by atoms with Crippen molar-refractivity contribution in [3.05, 3.63) is 36.0 Å². The van der Waals surface area contributed by atoms with Gasteiger partial charge in [-0.05, 0) is 43.5 Å². The van der Waals surface area contributed by atoms with Crippen molar-refractivity contribution in [3.63, 3.8) is 0 Å². The van der Waals surface area contributed by atoms with Crippen molar-refractivity contribution in [2.24, 2.45) is 0 Å². The van der Waals surface area contributed by atoms with E-state index in [9.17, 15) is 0 Å². The van der Waals surface area contributed by atoms with E-state index in [0.717, 1.165) is 51.3 Å². The number of hydrogen-bond acceptors (Lipinski definition) is 3. The van der Waals surface area contributed by atoms with Crippen molar-refractivity contribution in [3.8, 4) is 0 Å². The summed E-state index contributed by atoms with van der Waals surface area (Å²) in [4.78, 5) is 7.07. The Morgan fingerprint density at radius 2 is 2.05 bits per heavy atom. The molecule has 0 aliphatic carbocycles. The summed E-state index contributed by atoms with van der Waals surface area (Å²) in [6.45, 7) is 14.3. The van der Waals surface area contributed by atoms with Gasteiger partial charge >= 0.3 is 0 Å². The van der Waals surface area contributed by atoms with Gasteiger partial charge in [-0.3, -0.25) is 0 Å². The summed E-state index contributed by atoms with van der Waals surface area (Å²) in [7, 11) is 0. The van der Waals surface area contributed by atoms with Crippen LogP contribution < -0.4 is 10.2 Å². The third-order valence-electron chi connectivity index (χ3n) is 3.21. The second kappa shape index (κ2) is 9.54. The Morgan fingerprint density at radius 1 is 1.25 bits per heavy atom. The fourth-order valence-corrected chi connectivity index (χ4v) is 2.21. The van der Waals surface area contributed by atoms with E-state index in [-0.39, 0.29) is 0 Å². The van der Waals surface area contributed by atoms with Crippen molar-refractivity contribution < 1.29 is 0 Å². The van der Waals surface area contributed by atoms with Gasteiger partial charge in [-0.2, -0.15) is 0 Å². The van der Waals surface area contributed by atoms with Crippen LogP contribution in [0.25, 0.3) is 0 Å². The lowest BCUT2D eigenvalue weighted by molar-refractivity contribution is 0.673. The van der Waals surface area contributed by atoms with Crippen molar-refractivity contribution in [2.75, 3.05) is 24.5 Å². The second-order valence-electron chi connectivity index (χ2n) is 5.09. The van der Waals surface area contributed by atoms with Gasteiger partial charge in [-0.1, -0.05) is 26.8 Å². The molecule has 0 amide bonds. The summed E-state index contributed by atoms with van der Waals surface area (Å²) in [5.41, 5.74) is 2.49. The highest BCUT2D eigenvalue weighted by molar-refractivity contribution is 5.43. The van der Waals surface area contributed by atoms with Gasteiger partial charge in [0.2, 0.25) is 0 Å². The lowest BCUT2D eigenvalue weighted by Crippen LogP contribution is -2.26. The van der Waals surface area contributed by atoms with Crippen LogP contribution in [0, 0.1) is 0 Å². The van der Waals surface area contributed by atoms with E-state index in [1.807, 2.05) is 6.08 Å². The Labute approximate surface area is 124 Å². The average molecular weight is 275 g/mol. The van der Waals surface area contributed by atoms with Crippen LogP contribution in [0.3, 0.4) is 0 Å². The molecule has 3 nitrogen and oxygen atoms in total. The van der Waals surface area contributed by atoms with Crippen LogP contribution >= 0.6 is 0 Å². The average Bonchev–Trinajstić information content (AvgIpc) is 2.47. The first-order valence-corrected chi connectivity index (χ1v) is 7.81. The molecule has 0 fully saturated rings. The highest BCUT2D eigenvalue weighted by Crippen LogP contribution is 2.16. The predicted molar refractivity (Wildman–Crippen MR) is 88.3 cm³/mol. The molecule has 0 bridgehead atoms. The maximum absolute atomic E-state index is 4.77. The summed E-state index contributed by atoms with van der Waals surface area (Å²) in [6.07, 6.45) is 5.21. The topological polar surface area (TPSA) is 28.2 Å². The Bertz CT molecular complexity index is 401. The van der Waals surface area contributed by atoms with E-state index in [0.29, 0.717) is 0 Å². The van der Waals surface area contributed by atoms with Crippen LogP contribution in [-0.2, 0) is 13.0 Å². The Kier molecular flexibility index (Phi) is 7.97. The molecular formula is C17H29N3. The van der Waals surface area contributed by atoms with Gasteiger partial charge in [0.25, 0.3) is 0 Å². The van der Waals surface area contributed by atoms with E-state index in [1.54, 1.807) is 0 Å². The molecular weight excluding hydrogens is 246 g/mol. The largest absolute Gasteiger partial charge is 0.353 e. The predicted octanol–water partition coefficient (Wildman–Crippen LogP) is 3.55. The summed E-state index contributed by atoms with van der Waals surface area (Å²) in [6, 6.07) is 4.42. The Morgan fingerprint density at radius 3 is 2.65 bits per heavy atom. The van der Waals surface area contributed by atoms with Gasteiger partial charge in [0.05, 0.1) is 0 Å². The standard InChI is InChI=1S/C17H29N3/c1-5-9-18-14-15-12-16(8-4)19-17(13-15)20(10-6-2)11-7-3/h6,12-13,18H,2,5,7-11,14H2,1,3-4H3. The zero-order valence-electron chi connectivity index (χ0n) is 13.3. The molecule has 0 saturated heterocycles. The first-order chi connectivity index (χ1) is 9.74. The van der Waals surface area contributed by atoms with E-state index >= 15 is 0 Å². The Balaban J connectivity index is 2.91. The number of rotatable bonds is 10. The number of anilines is 1. The molecule has 0 aliphatic rings. The molecule has 1 aromatic heterocycles. The third kappa shape index (κ3) is 5.33. The van der Waals surface area contributed by atoms with Gasteiger partial charge in [0, 0.05) is 25.3 Å². The van der Waals surface area contributed by atoms with Crippen molar-refractivity contribution in [2.45, 2.75) is 46.6 Å². The minimum Gasteiger partial charge on any atom is -0.353 e. The van der Waals surface area contributed by atoms with E-state index in [4.69, 9.17) is 4.98 Å². The highest BCUT2D eigenvalue weighted by atomic mass is 15.2. The number of aryl methyl sites for hydroxylation is 1. The number of nitrogens with zero attached hydrogens (tertiary/aromatic N) is 2. The van der Waals surface area contributed by atoms with Gasteiger partial charge in [-0.15, -0.1) is 6.58 Å². The van der Waals surface area contributed by atoms with Crippen LogP contribution in [0.2, 0.25) is 0 Å². The summed E-state index contributed by atoms with van der Waals surface area (Å²) in [5, 5.41) is 3.47. The molecule has 0 unspecified atom stereocenters. The summed E-state index contributed by atoms with van der Waals surface area (Å²) < 4.78 is 0. The fourth-order valence-electron chi connectivity index (χ4n) is 2.21. The van der Waals surface area contributed by atoms with Crippen LogP contribution in [0.5, 0.6) is 0 Å². The normalized spacial score (nSPS) is 10.6. The maximum atomic E-state index is 4.77. The molecule has 1 aromatic rings. The fraction of sp³-hybridized carbons (Fsp3) is 0.588. The van der Waals surface area contributed by atoms with E-state index in [2.05, 4.69) is 49.7 Å². The SMILES string of the molecule is C=CCN(CCC)c1cc(CNCCC)cc(CC)n1. The van der Waals surface area contributed by atoms with Gasteiger partial charge in [0.1, 0.15) is 5.82 Å². The molecule has 1 rings (SSSR count). The molecule has 3 heteroatoms. The molecule has 1 heterocycles. The third-order valence-corrected chi connectivity index (χ3v) is 3.21. The molecule has 0 atom stereocenters. The molecule has 0 aromatic carbocycles. The van der Waals surface area contributed by atoms with E-state index < -0.39 is 0 Å². The molecule has 1 N–H and O–H groups in total. The van der Waals surface area contributed by atoms with Crippen LogP contribution in [0.4, 0.5) is 5.82 Å². The van der Waals surface area contributed by atoms with Gasteiger partial charge in [0.15, 0.2) is 0 Å². The lowest BCUT2D eigenvalue weighted by atomic mass is 10.2. The van der Waals surface area contributed by atoms with Gasteiger partial charge < -0.3 is 10.2 Å². The second-order valence-corrected chi connectivity index (χ2v) is 5.09. The number of hydrogen-bond donors (Lipinski definition) is 1. The molecule has 0 spiro atoms. The summed E-state index contributed by atoms with van der Waals surface area (Å²) >= 11 is 0. The smallest absolute Gasteiger partial charge is 0.129 e. The molecule has 0 aliphatic heterocycles. The minimum atomic E-state index is 0.857. The van der Waals surface area contributed by atoms with Crippen molar-refractivity contribution >= 4 is 5.82 Å². The van der Waals surface area contributed by atoms with Gasteiger partial charge in [-0.25, -0.2) is 4.98 Å². The maximum Gasteiger partial charge on any atom is 0.129 e. The van der Waals surface area contributed by atoms with Crippen molar-refractivity contribution in [1.82, 2.24) is 10.3 Å². The first kappa shape index (κ1) is 16.7. The molecule has 112 valence electrons. The summed E-state index contributed by atoms with van der Waals surface area (Å²) in [5.74, 6) is 1.08. The molecule has 0 radical (unpaired) electrons. The van der Waals surface area contributed by atoms with Crippen molar-refractivity contribution in [1.29, 1.82) is 0 Å². The quantitative estimate of drug-likeness (QED) is 0.523. The number of aromatic nitrogens is 1. The van der Waals surface area contributed by atoms with Crippen LogP contribution in [0.15, 0.2) is 24.8 Å². The zero-order chi connectivity index (χ0) is 14.8. The van der Waals surface area contributed by atoms with Crippen LogP contribution in [-0.4, -0.2) is 24.6 Å². The molecule has 20 heavy (non-hydrogen) atoms. The number of pyridine rings is 1. The molecule has 0 saturated carbocycles. The monoisotopic (exact) mass is 275 g/mol. The Hall–Kier alpha value is -1.35. The number of nitrogens with one attached hydrogen (secondary N) is 1. The zero-order valence-corrected chi connectivity index (χ0v) is 13.3.